The van der Waals surface area contributed by atoms with Crippen LogP contribution in [0.15, 0.2) is 11.1 Å². The Balaban J connectivity index is -0.00000123. The number of nitrogens with one attached hydrogen (secondary N) is 1. The molecule has 0 aliphatic rings. The zero-order valence-corrected chi connectivity index (χ0v) is 19.9. The van der Waals surface area contributed by atoms with Crippen LogP contribution >= 0.6 is 17.0 Å². The molecular formula is C22H46BrNO2. The fourth-order valence-corrected chi connectivity index (χ4v) is 2.96. The van der Waals surface area contributed by atoms with Crippen molar-refractivity contribution >= 4 is 23.0 Å². The number of halogens is 1. The fraction of sp³-hybridized carbons (Fsp3) is 0.864. The standard InChI is InChI=1S/C20H38O2.C2H7N.BrH/c1-4-6-7-8-9-10-11-12-13-14-15-16-17-19(5-2)18(3)20(21)22;1-3-2;/h4-17H2,1-3H3,(H,21,22);3H,1-2H3;1H/b19-18+;;. The Labute approximate surface area is 174 Å². The fourth-order valence-electron chi connectivity index (χ4n) is 2.96. The van der Waals surface area contributed by atoms with Crippen LogP contribution in [0.25, 0.3) is 0 Å². The number of hydrogen-bond acceptors (Lipinski definition) is 2. The van der Waals surface area contributed by atoms with Crippen molar-refractivity contribution in [1.82, 2.24) is 5.32 Å². The lowest BCUT2D eigenvalue weighted by molar-refractivity contribution is -0.132. The molecule has 0 aromatic rings. The molecule has 0 fully saturated rings. The van der Waals surface area contributed by atoms with E-state index in [4.69, 9.17) is 5.11 Å². The van der Waals surface area contributed by atoms with Crippen LogP contribution in [0.1, 0.15) is 111 Å². The molecular weight excluding hydrogens is 390 g/mol. The molecule has 0 heterocycles. The summed E-state index contributed by atoms with van der Waals surface area (Å²) in [5.74, 6) is -0.754. The van der Waals surface area contributed by atoms with E-state index in [9.17, 15) is 4.79 Å². The molecule has 0 saturated carbocycles. The van der Waals surface area contributed by atoms with Gasteiger partial charge in [0.25, 0.3) is 0 Å². The molecule has 26 heavy (non-hydrogen) atoms. The van der Waals surface area contributed by atoms with E-state index >= 15 is 0 Å². The van der Waals surface area contributed by atoms with Crippen LogP contribution in [-0.2, 0) is 4.79 Å². The SMILES string of the molecule is Br.CCCCCCCCCCCCCC/C(CC)=C(\C)C(=O)O.CNC. The molecule has 0 saturated heterocycles. The van der Waals surface area contributed by atoms with Gasteiger partial charge in [0.2, 0.25) is 0 Å². The summed E-state index contributed by atoms with van der Waals surface area (Å²) in [6, 6.07) is 0. The van der Waals surface area contributed by atoms with Gasteiger partial charge in [-0.05, 0) is 40.3 Å². The molecule has 0 radical (unpaired) electrons. The Kier molecular flexibility index (Phi) is 28.8. The first kappa shape index (κ1) is 30.4. The van der Waals surface area contributed by atoms with Gasteiger partial charge in [-0.25, -0.2) is 4.79 Å². The largest absolute Gasteiger partial charge is 0.478 e. The van der Waals surface area contributed by atoms with Crippen molar-refractivity contribution in [3.05, 3.63) is 11.1 Å². The lowest BCUT2D eigenvalue weighted by atomic mass is 9.99. The third kappa shape index (κ3) is 21.7. The zero-order chi connectivity index (χ0) is 19.3. The second-order valence-corrected chi connectivity index (χ2v) is 7.03. The van der Waals surface area contributed by atoms with Crippen molar-refractivity contribution in [3.8, 4) is 0 Å². The number of hydrogen-bond donors (Lipinski definition) is 2. The van der Waals surface area contributed by atoms with Crippen molar-refractivity contribution in [2.45, 2.75) is 111 Å². The lowest BCUT2D eigenvalue weighted by Crippen LogP contribution is -2.01. The van der Waals surface area contributed by atoms with Gasteiger partial charge >= 0.3 is 5.97 Å². The Morgan fingerprint density at radius 2 is 1.12 bits per heavy atom. The van der Waals surface area contributed by atoms with Gasteiger partial charge in [0.15, 0.2) is 0 Å². The second kappa shape index (κ2) is 24.7. The Morgan fingerprint density at radius 3 is 1.42 bits per heavy atom. The minimum atomic E-state index is -0.754. The molecule has 0 rings (SSSR count). The van der Waals surface area contributed by atoms with E-state index in [0.717, 1.165) is 24.8 Å². The highest BCUT2D eigenvalue weighted by Crippen LogP contribution is 2.18. The van der Waals surface area contributed by atoms with Gasteiger partial charge in [-0.3, -0.25) is 0 Å². The van der Waals surface area contributed by atoms with Gasteiger partial charge in [0, 0.05) is 5.57 Å². The molecule has 0 unspecified atom stereocenters. The van der Waals surface area contributed by atoms with Gasteiger partial charge in [0.1, 0.15) is 0 Å². The van der Waals surface area contributed by atoms with Crippen molar-refractivity contribution in [1.29, 1.82) is 0 Å². The van der Waals surface area contributed by atoms with E-state index in [2.05, 4.69) is 19.2 Å². The van der Waals surface area contributed by atoms with E-state index in [0.29, 0.717) is 5.57 Å². The minimum absolute atomic E-state index is 0. The average Bonchev–Trinajstić information content (AvgIpc) is 2.59. The molecule has 158 valence electrons. The van der Waals surface area contributed by atoms with E-state index in [1.807, 2.05) is 14.1 Å². The molecule has 0 bridgehead atoms. The van der Waals surface area contributed by atoms with Crippen molar-refractivity contribution in [3.63, 3.8) is 0 Å². The molecule has 0 aromatic carbocycles. The maximum atomic E-state index is 11.0. The molecule has 0 aliphatic carbocycles. The number of unbranched alkanes of at least 4 members (excludes halogenated alkanes) is 11. The summed E-state index contributed by atoms with van der Waals surface area (Å²) in [5, 5.41) is 11.8. The molecule has 0 amide bonds. The molecule has 0 spiro atoms. The third-order valence-electron chi connectivity index (χ3n) is 4.61. The number of carboxylic acid groups (broad SMARTS) is 1. The predicted molar refractivity (Wildman–Crippen MR) is 122 cm³/mol. The van der Waals surface area contributed by atoms with Crippen molar-refractivity contribution in [2.75, 3.05) is 14.1 Å². The van der Waals surface area contributed by atoms with E-state index in [1.165, 1.54) is 70.6 Å². The Bertz CT molecular complexity index is 330. The molecule has 3 nitrogen and oxygen atoms in total. The maximum Gasteiger partial charge on any atom is 0.331 e. The summed E-state index contributed by atoms with van der Waals surface area (Å²) in [4.78, 5) is 11.0. The van der Waals surface area contributed by atoms with Crippen LogP contribution in [0.2, 0.25) is 0 Å². The average molecular weight is 437 g/mol. The lowest BCUT2D eigenvalue weighted by Gasteiger charge is -2.07. The van der Waals surface area contributed by atoms with Gasteiger partial charge in [-0.2, -0.15) is 0 Å². The smallest absolute Gasteiger partial charge is 0.331 e. The van der Waals surface area contributed by atoms with E-state index < -0.39 is 5.97 Å². The van der Waals surface area contributed by atoms with Gasteiger partial charge in [-0.1, -0.05) is 90.0 Å². The minimum Gasteiger partial charge on any atom is -0.478 e. The number of aliphatic carboxylic acids is 1. The van der Waals surface area contributed by atoms with Gasteiger partial charge < -0.3 is 10.4 Å². The number of rotatable bonds is 15. The number of carboxylic acids is 1. The zero-order valence-electron chi connectivity index (χ0n) is 18.2. The van der Waals surface area contributed by atoms with Crippen LogP contribution in [0.5, 0.6) is 0 Å². The molecule has 0 atom stereocenters. The maximum absolute atomic E-state index is 11.0. The van der Waals surface area contributed by atoms with Crippen LogP contribution in [-0.4, -0.2) is 25.2 Å². The highest BCUT2D eigenvalue weighted by Gasteiger charge is 2.07. The molecule has 0 aliphatic heterocycles. The van der Waals surface area contributed by atoms with Crippen LogP contribution in [0.4, 0.5) is 0 Å². The quantitative estimate of drug-likeness (QED) is 0.209. The van der Waals surface area contributed by atoms with Crippen LogP contribution in [0, 0.1) is 0 Å². The summed E-state index contributed by atoms with van der Waals surface area (Å²) >= 11 is 0. The summed E-state index contributed by atoms with van der Waals surface area (Å²) in [6.07, 6.45) is 18.0. The van der Waals surface area contributed by atoms with E-state index in [-0.39, 0.29) is 17.0 Å². The van der Waals surface area contributed by atoms with Crippen LogP contribution < -0.4 is 5.32 Å². The molecule has 4 heteroatoms. The first-order valence-electron chi connectivity index (χ1n) is 10.5. The summed E-state index contributed by atoms with van der Waals surface area (Å²) in [7, 11) is 3.75. The highest BCUT2D eigenvalue weighted by atomic mass is 79.9. The number of carbonyl (C=O) groups is 1. The van der Waals surface area contributed by atoms with Gasteiger partial charge in [-0.15, -0.1) is 17.0 Å². The summed E-state index contributed by atoms with van der Waals surface area (Å²) in [5.41, 5.74) is 1.69. The molecule has 2 N–H and O–H groups in total. The Hall–Kier alpha value is -0.350. The predicted octanol–water partition coefficient (Wildman–Crippen LogP) is 7.30. The van der Waals surface area contributed by atoms with Gasteiger partial charge in [0.05, 0.1) is 0 Å². The topological polar surface area (TPSA) is 49.3 Å². The first-order chi connectivity index (χ1) is 12.0. The number of allylic oxidation sites excluding steroid dienone is 1. The normalized spacial score (nSPS) is 11.1. The summed E-state index contributed by atoms with van der Waals surface area (Å²) in [6.45, 7) is 6.06. The van der Waals surface area contributed by atoms with E-state index in [1.54, 1.807) is 6.92 Å². The monoisotopic (exact) mass is 435 g/mol. The van der Waals surface area contributed by atoms with Crippen molar-refractivity contribution < 1.29 is 9.90 Å². The first-order valence-corrected chi connectivity index (χ1v) is 10.5. The Morgan fingerprint density at radius 1 is 0.769 bits per heavy atom. The van der Waals surface area contributed by atoms with Crippen molar-refractivity contribution in [2.24, 2.45) is 0 Å². The molecule has 0 aromatic heterocycles. The second-order valence-electron chi connectivity index (χ2n) is 7.03. The summed E-state index contributed by atoms with van der Waals surface area (Å²) < 4.78 is 0. The highest BCUT2D eigenvalue weighted by molar-refractivity contribution is 8.93. The van der Waals surface area contributed by atoms with Crippen LogP contribution in [0.3, 0.4) is 0 Å². The third-order valence-corrected chi connectivity index (χ3v) is 4.61.